The van der Waals surface area contributed by atoms with Crippen molar-refractivity contribution in [1.82, 2.24) is 5.32 Å². The van der Waals surface area contributed by atoms with Gasteiger partial charge in [-0.3, -0.25) is 4.79 Å². The number of allylic oxidation sites excluding steroid dienone is 1. The third kappa shape index (κ3) is 3.44. The molecule has 0 radical (unpaired) electrons. The minimum Gasteiger partial charge on any atom is -0.481 e. The second-order valence-corrected chi connectivity index (χ2v) is 4.75. The molecule has 1 saturated heterocycles. The third-order valence-electron chi connectivity index (χ3n) is 3.48. The predicted octanol–water partition coefficient (Wildman–Crippen LogP) is 2.40. The molecule has 1 aromatic carbocycles. The summed E-state index contributed by atoms with van der Waals surface area (Å²) in [6.07, 6.45) is 5.55. The first kappa shape index (κ1) is 12.8. The molecule has 1 aliphatic heterocycles. The van der Waals surface area contributed by atoms with E-state index >= 15 is 0 Å². The van der Waals surface area contributed by atoms with Crippen LogP contribution in [-0.4, -0.2) is 24.2 Å². The van der Waals surface area contributed by atoms with Gasteiger partial charge in [0.1, 0.15) is 0 Å². The molecule has 0 aliphatic carbocycles. The highest BCUT2D eigenvalue weighted by atomic mass is 16.4. The van der Waals surface area contributed by atoms with E-state index in [1.165, 1.54) is 0 Å². The summed E-state index contributed by atoms with van der Waals surface area (Å²) in [6, 6.07) is 9.97. The molecule has 1 fully saturated rings. The van der Waals surface area contributed by atoms with Gasteiger partial charge in [0.25, 0.3) is 0 Å². The molecule has 1 aromatic rings. The Labute approximate surface area is 108 Å². The van der Waals surface area contributed by atoms with E-state index in [4.69, 9.17) is 0 Å². The van der Waals surface area contributed by atoms with Crippen LogP contribution in [0.1, 0.15) is 18.4 Å². The van der Waals surface area contributed by atoms with E-state index in [1.54, 1.807) is 0 Å². The van der Waals surface area contributed by atoms with E-state index in [2.05, 4.69) is 5.32 Å². The number of hydrogen-bond acceptors (Lipinski definition) is 2. The minimum absolute atomic E-state index is 0.264. The number of carboxylic acids is 1. The van der Waals surface area contributed by atoms with Gasteiger partial charge in [-0.25, -0.2) is 0 Å². The van der Waals surface area contributed by atoms with Gasteiger partial charge < -0.3 is 10.4 Å². The normalized spacial score (nSPS) is 21.2. The van der Waals surface area contributed by atoms with E-state index in [0.717, 1.165) is 25.1 Å². The lowest BCUT2D eigenvalue weighted by molar-refractivity contribution is -0.143. The summed E-state index contributed by atoms with van der Waals surface area (Å²) in [6.45, 7) is 1.77. The third-order valence-corrected chi connectivity index (χ3v) is 3.48. The maximum absolute atomic E-state index is 11.3. The zero-order chi connectivity index (χ0) is 12.8. The molecule has 0 amide bonds. The Balaban J connectivity index is 1.93. The van der Waals surface area contributed by atoms with Crippen molar-refractivity contribution in [2.24, 2.45) is 11.8 Å². The summed E-state index contributed by atoms with van der Waals surface area (Å²) in [5.41, 5.74) is 1.12. The molecule has 96 valence electrons. The summed E-state index contributed by atoms with van der Waals surface area (Å²) in [4.78, 5) is 11.3. The summed E-state index contributed by atoms with van der Waals surface area (Å²) >= 11 is 0. The van der Waals surface area contributed by atoms with Crippen molar-refractivity contribution in [3.8, 4) is 0 Å². The Morgan fingerprint density at radius 2 is 2.22 bits per heavy atom. The fourth-order valence-electron chi connectivity index (χ4n) is 2.43. The second kappa shape index (κ2) is 6.36. The predicted molar refractivity (Wildman–Crippen MR) is 72.2 cm³/mol. The van der Waals surface area contributed by atoms with Gasteiger partial charge in [-0.1, -0.05) is 42.5 Å². The highest BCUT2D eigenvalue weighted by Crippen LogP contribution is 2.23. The van der Waals surface area contributed by atoms with Crippen LogP contribution in [0.2, 0.25) is 0 Å². The van der Waals surface area contributed by atoms with Crippen molar-refractivity contribution >= 4 is 12.0 Å². The Bertz CT molecular complexity index is 408. The van der Waals surface area contributed by atoms with Crippen molar-refractivity contribution in [3.05, 3.63) is 42.0 Å². The lowest BCUT2D eigenvalue weighted by Crippen LogP contribution is -2.24. The minimum atomic E-state index is -0.679. The average molecular weight is 245 g/mol. The maximum atomic E-state index is 11.3. The standard InChI is InChI=1S/C15H19NO2/c17-15(18)14(13-9-10-16-11-13)8-4-7-12-5-2-1-3-6-12/h1-7,13-14,16H,8-11H2,(H,17,18)/b7-4+/t13-,14-/m0/s1. The van der Waals surface area contributed by atoms with Crippen LogP contribution in [0.4, 0.5) is 0 Å². The van der Waals surface area contributed by atoms with Crippen molar-refractivity contribution < 1.29 is 9.90 Å². The molecule has 0 saturated carbocycles. The van der Waals surface area contributed by atoms with E-state index in [1.807, 2.05) is 42.5 Å². The lowest BCUT2D eigenvalue weighted by Gasteiger charge is -2.16. The van der Waals surface area contributed by atoms with Crippen LogP contribution in [0.25, 0.3) is 6.08 Å². The first-order chi connectivity index (χ1) is 8.77. The summed E-state index contributed by atoms with van der Waals surface area (Å²) in [7, 11) is 0. The number of aliphatic carboxylic acids is 1. The van der Waals surface area contributed by atoms with E-state index in [-0.39, 0.29) is 11.8 Å². The molecule has 0 bridgehead atoms. The largest absolute Gasteiger partial charge is 0.481 e. The van der Waals surface area contributed by atoms with Gasteiger partial charge in [-0.15, -0.1) is 0 Å². The van der Waals surface area contributed by atoms with Crippen LogP contribution in [0.5, 0.6) is 0 Å². The highest BCUT2D eigenvalue weighted by Gasteiger charge is 2.29. The van der Waals surface area contributed by atoms with Crippen molar-refractivity contribution in [1.29, 1.82) is 0 Å². The SMILES string of the molecule is O=C(O)[C@@H](C/C=C/c1ccccc1)[C@H]1CCNC1. The van der Waals surface area contributed by atoms with Gasteiger partial charge in [-0.05, 0) is 37.4 Å². The van der Waals surface area contributed by atoms with Gasteiger partial charge in [0.05, 0.1) is 5.92 Å². The molecule has 0 spiro atoms. The van der Waals surface area contributed by atoms with Crippen LogP contribution in [0, 0.1) is 11.8 Å². The number of carbonyl (C=O) groups is 1. The van der Waals surface area contributed by atoms with Crippen LogP contribution in [0.15, 0.2) is 36.4 Å². The Morgan fingerprint density at radius 1 is 1.44 bits per heavy atom. The summed E-state index contributed by atoms with van der Waals surface area (Å²) in [5.74, 6) is -0.677. The molecule has 2 atom stereocenters. The zero-order valence-corrected chi connectivity index (χ0v) is 10.4. The van der Waals surface area contributed by atoms with E-state index < -0.39 is 5.97 Å². The molecule has 3 nitrogen and oxygen atoms in total. The Morgan fingerprint density at radius 3 is 2.83 bits per heavy atom. The van der Waals surface area contributed by atoms with Crippen LogP contribution >= 0.6 is 0 Å². The van der Waals surface area contributed by atoms with Gasteiger partial charge in [0.15, 0.2) is 0 Å². The zero-order valence-electron chi connectivity index (χ0n) is 10.4. The fraction of sp³-hybridized carbons (Fsp3) is 0.400. The van der Waals surface area contributed by atoms with E-state index in [0.29, 0.717) is 6.42 Å². The number of carboxylic acid groups (broad SMARTS) is 1. The molecule has 1 aliphatic rings. The topological polar surface area (TPSA) is 49.3 Å². The molecule has 1 heterocycles. The van der Waals surface area contributed by atoms with Crippen LogP contribution in [-0.2, 0) is 4.79 Å². The molecule has 0 unspecified atom stereocenters. The molecule has 2 N–H and O–H groups in total. The van der Waals surface area contributed by atoms with Gasteiger partial charge in [0, 0.05) is 0 Å². The van der Waals surface area contributed by atoms with Crippen molar-refractivity contribution in [3.63, 3.8) is 0 Å². The first-order valence-electron chi connectivity index (χ1n) is 6.42. The van der Waals surface area contributed by atoms with Gasteiger partial charge in [0.2, 0.25) is 0 Å². The van der Waals surface area contributed by atoms with Crippen molar-refractivity contribution in [2.45, 2.75) is 12.8 Å². The van der Waals surface area contributed by atoms with Crippen LogP contribution < -0.4 is 5.32 Å². The summed E-state index contributed by atoms with van der Waals surface area (Å²) < 4.78 is 0. The highest BCUT2D eigenvalue weighted by molar-refractivity contribution is 5.71. The van der Waals surface area contributed by atoms with Gasteiger partial charge >= 0.3 is 5.97 Å². The van der Waals surface area contributed by atoms with Crippen LogP contribution in [0.3, 0.4) is 0 Å². The molecular weight excluding hydrogens is 226 g/mol. The molecular formula is C15H19NO2. The number of hydrogen-bond donors (Lipinski definition) is 2. The Hall–Kier alpha value is -1.61. The van der Waals surface area contributed by atoms with Gasteiger partial charge in [-0.2, -0.15) is 0 Å². The Kier molecular flexibility index (Phi) is 4.53. The number of benzene rings is 1. The second-order valence-electron chi connectivity index (χ2n) is 4.75. The lowest BCUT2D eigenvalue weighted by atomic mass is 9.88. The maximum Gasteiger partial charge on any atom is 0.307 e. The smallest absolute Gasteiger partial charge is 0.307 e. The molecule has 3 heteroatoms. The molecule has 18 heavy (non-hydrogen) atoms. The van der Waals surface area contributed by atoms with E-state index in [9.17, 15) is 9.90 Å². The quantitative estimate of drug-likeness (QED) is 0.837. The first-order valence-corrected chi connectivity index (χ1v) is 6.42. The average Bonchev–Trinajstić information content (AvgIpc) is 2.89. The number of rotatable bonds is 5. The number of nitrogens with one attached hydrogen (secondary N) is 1. The molecule has 0 aromatic heterocycles. The molecule has 2 rings (SSSR count). The van der Waals surface area contributed by atoms with Crippen molar-refractivity contribution in [2.75, 3.05) is 13.1 Å². The fourth-order valence-corrected chi connectivity index (χ4v) is 2.43. The summed E-state index contributed by atoms with van der Waals surface area (Å²) in [5, 5.41) is 12.5. The monoisotopic (exact) mass is 245 g/mol.